The highest BCUT2D eigenvalue weighted by Gasteiger charge is 2.29. The summed E-state index contributed by atoms with van der Waals surface area (Å²) < 4.78 is 5.39. The summed E-state index contributed by atoms with van der Waals surface area (Å²) in [4.78, 5) is 22.9. The van der Waals surface area contributed by atoms with E-state index in [0.717, 1.165) is 11.1 Å². The summed E-state index contributed by atoms with van der Waals surface area (Å²) in [7, 11) is 0. The second kappa shape index (κ2) is 6.87. The van der Waals surface area contributed by atoms with Crippen molar-refractivity contribution >= 4 is 12.4 Å². The smallest absolute Gasteiger partial charge is 0.407 e. The first-order valence-electron chi connectivity index (χ1n) is 8.11. The Morgan fingerprint density at radius 2 is 1.62 bits per heavy atom. The third-order valence-corrected chi connectivity index (χ3v) is 4.41. The fraction of sp³-hybridized carbons (Fsp3) is 0.300. The van der Waals surface area contributed by atoms with Crippen molar-refractivity contribution < 1.29 is 14.3 Å². The number of benzene rings is 2. The van der Waals surface area contributed by atoms with Gasteiger partial charge in [-0.1, -0.05) is 62.4 Å². The highest BCUT2D eigenvalue weighted by molar-refractivity contribution is 5.79. The average molecular weight is 322 g/mol. The Labute approximate surface area is 141 Å². The van der Waals surface area contributed by atoms with Gasteiger partial charge in [0.05, 0.1) is 0 Å². The zero-order valence-electron chi connectivity index (χ0n) is 13.8. The van der Waals surface area contributed by atoms with Crippen LogP contribution in [-0.2, 0) is 9.53 Å². The van der Waals surface area contributed by atoms with E-state index in [2.05, 4.69) is 29.6 Å². The predicted molar refractivity (Wildman–Crippen MR) is 92.5 cm³/mol. The van der Waals surface area contributed by atoms with Crippen LogP contribution in [0.5, 0.6) is 0 Å². The zero-order valence-corrected chi connectivity index (χ0v) is 13.8. The minimum absolute atomic E-state index is 0.0147. The number of amides is 1. The van der Waals surface area contributed by atoms with Crippen molar-refractivity contribution in [3.63, 3.8) is 0 Å². The first-order chi connectivity index (χ1) is 11.6. The summed E-state index contributed by atoms with van der Waals surface area (Å²) in [6.45, 7) is 3.93. The van der Waals surface area contributed by atoms with Crippen molar-refractivity contribution in [2.45, 2.75) is 25.8 Å². The van der Waals surface area contributed by atoms with Crippen molar-refractivity contribution in [2.75, 3.05) is 6.61 Å². The lowest BCUT2D eigenvalue weighted by molar-refractivity contribution is 0.139. The van der Waals surface area contributed by atoms with Gasteiger partial charge in [-0.3, -0.25) is 4.79 Å². The van der Waals surface area contributed by atoms with Crippen molar-refractivity contribution in [3.8, 4) is 11.1 Å². The normalized spacial score (nSPS) is 14.0. The van der Waals surface area contributed by atoms with E-state index in [0.29, 0.717) is 0 Å². The van der Waals surface area contributed by atoms with E-state index in [4.69, 9.17) is 4.74 Å². The first-order valence-corrected chi connectivity index (χ1v) is 8.11. The van der Waals surface area contributed by atoms with Crippen LogP contribution in [0.25, 0.3) is 11.1 Å². The van der Waals surface area contributed by atoms with E-state index in [1.807, 2.05) is 44.4 Å². The highest BCUT2D eigenvalue weighted by Crippen LogP contribution is 2.44. The van der Waals surface area contributed by atoms with Gasteiger partial charge in [0.1, 0.15) is 12.6 Å². The fourth-order valence-corrected chi connectivity index (χ4v) is 3.10. The minimum Gasteiger partial charge on any atom is -0.449 e. The SMILES string of the molecule is CC(C)[C@@H]([C]=O)NC(=O)OCC1c2ccccc2-c2ccccc21. The Bertz CT molecular complexity index is 709. The van der Waals surface area contributed by atoms with Gasteiger partial charge in [-0.15, -0.1) is 0 Å². The van der Waals surface area contributed by atoms with Crippen LogP contribution in [0.1, 0.15) is 30.9 Å². The van der Waals surface area contributed by atoms with Gasteiger partial charge < -0.3 is 10.1 Å². The van der Waals surface area contributed by atoms with Gasteiger partial charge in [-0.2, -0.15) is 0 Å². The molecule has 0 unspecified atom stereocenters. The molecule has 1 N–H and O–H groups in total. The topological polar surface area (TPSA) is 55.4 Å². The summed E-state index contributed by atoms with van der Waals surface area (Å²) in [6.07, 6.45) is 1.25. The molecule has 0 aromatic heterocycles. The standard InChI is InChI=1S/C20H20NO3/c1-13(2)19(11-22)21-20(23)24-12-18-16-9-5-3-7-14(16)15-8-4-6-10-17(15)18/h3-10,13,18-19H,12H2,1-2H3,(H,21,23)/t19-/m1/s1. The molecule has 0 bridgehead atoms. The van der Waals surface area contributed by atoms with Crippen LogP contribution in [0.3, 0.4) is 0 Å². The summed E-state index contributed by atoms with van der Waals surface area (Å²) in [5, 5.41) is 2.55. The molecular weight excluding hydrogens is 302 g/mol. The molecular formula is C20H20NO3. The van der Waals surface area contributed by atoms with Gasteiger partial charge in [-0.05, 0) is 28.2 Å². The Kier molecular flexibility index (Phi) is 4.65. The lowest BCUT2D eigenvalue weighted by Crippen LogP contribution is -2.40. The van der Waals surface area contributed by atoms with Crippen LogP contribution in [0, 0.1) is 5.92 Å². The second-order valence-corrected chi connectivity index (χ2v) is 6.31. The molecule has 0 fully saturated rings. The van der Waals surface area contributed by atoms with Crippen molar-refractivity contribution in [1.29, 1.82) is 0 Å². The predicted octanol–water partition coefficient (Wildman–Crippen LogP) is 3.66. The Morgan fingerprint density at radius 1 is 1.08 bits per heavy atom. The van der Waals surface area contributed by atoms with Gasteiger partial charge in [0.2, 0.25) is 6.29 Å². The van der Waals surface area contributed by atoms with Gasteiger partial charge in [0, 0.05) is 5.92 Å². The second-order valence-electron chi connectivity index (χ2n) is 6.31. The van der Waals surface area contributed by atoms with E-state index >= 15 is 0 Å². The number of nitrogens with one attached hydrogen (secondary N) is 1. The highest BCUT2D eigenvalue weighted by atomic mass is 16.5. The number of alkyl carbamates (subject to hydrolysis) is 1. The third kappa shape index (κ3) is 3.04. The summed E-state index contributed by atoms with van der Waals surface area (Å²) in [6, 6.07) is 15.7. The monoisotopic (exact) mass is 322 g/mol. The molecule has 4 nitrogen and oxygen atoms in total. The van der Waals surface area contributed by atoms with Gasteiger partial charge in [0.15, 0.2) is 0 Å². The molecule has 1 amide bonds. The summed E-state index contributed by atoms with van der Waals surface area (Å²) in [5.41, 5.74) is 4.69. The van der Waals surface area contributed by atoms with Crippen LogP contribution >= 0.6 is 0 Å². The van der Waals surface area contributed by atoms with E-state index in [-0.39, 0.29) is 18.4 Å². The number of carbonyl (C=O) groups is 1. The van der Waals surface area contributed by atoms with Crippen LogP contribution in [0.2, 0.25) is 0 Å². The number of ether oxygens (including phenoxy) is 1. The maximum Gasteiger partial charge on any atom is 0.407 e. The van der Waals surface area contributed by atoms with E-state index in [1.165, 1.54) is 11.1 Å². The minimum atomic E-state index is -0.652. The Hall–Kier alpha value is -2.62. The number of hydrogen-bond acceptors (Lipinski definition) is 3. The molecule has 123 valence electrons. The fourth-order valence-electron chi connectivity index (χ4n) is 3.10. The maximum absolute atomic E-state index is 12.0. The molecule has 3 rings (SSSR count). The molecule has 0 saturated carbocycles. The molecule has 24 heavy (non-hydrogen) atoms. The molecule has 1 radical (unpaired) electrons. The summed E-state index contributed by atoms with van der Waals surface area (Å²) in [5.74, 6) is -0.0103. The lowest BCUT2D eigenvalue weighted by atomic mass is 9.98. The third-order valence-electron chi connectivity index (χ3n) is 4.41. The van der Waals surface area contributed by atoms with Crippen LogP contribution < -0.4 is 5.32 Å². The Morgan fingerprint density at radius 3 is 2.12 bits per heavy atom. The number of carbonyl (C=O) groups excluding carboxylic acids is 2. The molecule has 0 aliphatic heterocycles. The Balaban J connectivity index is 1.74. The zero-order chi connectivity index (χ0) is 17.1. The average Bonchev–Trinajstić information content (AvgIpc) is 2.91. The largest absolute Gasteiger partial charge is 0.449 e. The van der Waals surface area contributed by atoms with Crippen molar-refractivity contribution in [1.82, 2.24) is 5.32 Å². The molecule has 0 spiro atoms. The molecule has 1 atom stereocenters. The van der Waals surface area contributed by atoms with Crippen LogP contribution in [-0.4, -0.2) is 25.0 Å². The molecule has 2 aromatic rings. The van der Waals surface area contributed by atoms with E-state index in [9.17, 15) is 9.59 Å². The summed E-state index contributed by atoms with van der Waals surface area (Å²) >= 11 is 0. The first kappa shape index (κ1) is 16.2. The van der Waals surface area contributed by atoms with E-state index < -0.39 is 12.1 Å². The molecule has 1 aliphatic rings. The molecule has 0 saturated heterocycles. The van der Waals surface area contributed by atoms with Crippen molar-refractivity contribution in [2.24, 2.45) is 5.92 Å². The van der Waals surface area contributed by atoms with Gasteiger partial charge in [-0.25, -0.2) is 4.79 Å². The number of rotatable bonds is 5. The molecule has 2 aromatic carbocycles. The number of fused-ring (bicyclic) bond motifs is 3. The van der Waals surface area contributed by atoms with Crippen molar-refractivity contribution in [3.05, 3.63) is 59.7 Å². The van der Waals surface area contributed by atoms with Gasteiger partial charge in [0.25, 0.3) is 0 Å². The van der Waals surface area contributed by atoms with Gasteiger partial charge >= 0.3 is 6.09 Å². The quantitative estimate of drug-likeness (QED) is 0.914. The molecule has 0 heterocycles. The maximum atomic E-state index is 12.0. The van der Waals surface area contributed by atoms with Crippen LogP contribution in [0.4, 0.5) is 4.79 Å². The number of hydrogen-bond donors (Lipinski definition) is 1. The van der Waals surface area contributed by atoms with E-state index in [1.54, 1.807) is 0 Å². The van der Waals surface area contributed by atoms with Crippen LogP contribution in [0.15, 0.2) is 48.5 Å². The lowest BCUT2D eigenvalue weighted by Gasteiger charge is -2.18. The molecule has 4 heteroatoms. The molecule has 1 aliphatic carbocycles.